The molecule has 2 aromatic carbocycles. The van der Waals surface area contributed by atoms with E-state index in [4.69, 9.17) is 0 Å². The van der Waals surface area contributed by atoms with Gasteiger partial charge in [-0.15, -0.1) is 23.2 Å². The fourth-order valence-corrected chi connectivity index (χ4v) is 7.20. The Hall–Kier alpha value is -2.01. The molecule has 0 bridgehead atoms. The van der Waals surface area contributed by atoms with Crippen LogP contribution in [0.3, 0.4) is 0 Å². The SMILES string of the molecule is CCNc1cc(C(=O)N[C@@H](Cc2ccccc2)[C@H](O)CNC2(C)CCCC2)cc(N2CCCCS2(O)O)c1.Cl. The highest BCUT2D eigenvalue weighted by Crippen LogP contribution is 2.50. The molecule has 218 valence electrons. The van der Waals surface area contributed by atoms with Crippen molar-refractivity contribution < 1.29 is 19.0 Å². The number of anilines is 2. The summed E-state index contributed by atoms with van der Waals surface area (Å²) in [6.07, 6.45) is 5.91. The lowest BCUT2D eigenvalue weighted by molar-refractivity contribution is 0.0812. The molecule has 2 aliphatic rings. The topological polar surface area (TPSA) is 117 Å². The van der Waals surface area contributed by atoms with Crippen molar-refractivity contribution >= 4 is 40.5 Å². The second-order valence-corrected chi connectivity index (χ2v) is 13.0. The lowest BCUT2D eigenvalue weighted by Crippen LogP contribution is -2.52. The Morgan fingerprint density at radius 1 is 1.08 bits per heavy atom. The molecule has 8 nitrogen and oxygen atoms in total. The number of β-amino-alcohol motifs (C(OH)–C–C–N with tert-alkyl or cyclic N) is 1. The molecule has 2 fully saturated rings. The number of rotatable bonds is 11. The highest BCUT2D eigenvalue weighted by Gasteiger charge is 2.31. The van der Waals surface area contributed by atoms with Crippen LogP contribution >= 0.6 is 23.2 Å². The Bertz CT molecular complexity index is 1070. The average Bonchev–Trinajstić information content (AvgIpc) is 3.34. The van der Waals surface area contributed by atoms with Gasteiger partial charge in [0, 0.05) is 36.4 Å². The summed E-state index contributed by atoms with van der Waals surface area (Å²) in [5.74, 6) is 0.0311. The highest BCUT2D eigenvalue weighted by molar-refractivity contribution is 8.25. The molecule has 10 heteroatoms. The number of benzene rings is 2. The minimum absolute atomic E-state index is 0. The number of aliphatic hydroxyl groups excluding tert-OH is 1. The number of carbonyl (C=O) groups is 1. The lowest BCUT2D eigenvalue weighted by atomic mass is 9.97. The van der Waals surface area contributed by atoms with E-state index in [1.807, 2.05) is 43.3 Å². The van der Waals surface area contributed by atoms with Gasteiger partial charge in [-0.1, -0.05) is 43.2 Å². The molecular weight excluding hydrogens is 536 g/mol. The van der Waals surface area contributed by atoms with Crippen molar-refractivity contribution in [2.75, 3.05) is 35.0 Å². The Balaban J connectivity index is 0.00000420. The van der Waals surface area contributed by atoms with Crippen molar-refractivity contribution in [3.63, 3.8) is 0 Å². The maximum absolute atomic E-state index is 13.6. The van der Waals surface area contributed by atoms with Gasteiger partial charge in [-0.2, -0.15) is 0 Å². The summed E-state index contributed by atoms with van der Waals surface area (Å²) in [6.45, 7) is 5.77. The third-order valence-electron chi connectivity index (χ3n) is 7.76. The molecule has 2 atom stereocenters. The molecule has 6 N–H and O–H groups in total. The molecule has 0 aromatic heterocycles. The van der Waals surface area contributed by atoms with Crippen LogP contribution in [-0.4, -0.2) is 63.2 Å². The number of nitrogens with one attached hydrogen (secondary N) is 3. The Kier molecular flexibility index (Phi) is 11.4. The molecule has 2 aromatic rings. The Labute approximate surface area is 240 Å². The molecule has 4 rings (SSSR count). The second kappa shape index (κ2) is 14.1. The fraction of sp³-hybridized carbons (Fsp3) is 0.552. The molecule has 1 saturated carbocycles. The van der Waals surface area contributed by atoms with E-state index in [2.05, 4.69) is 22.9 Å². The van der Waals surface area contributed by atoms with Gasteiger partial charge in [0.25, 0.3) is 5.91 Å². The first kappa shape index (κ1) is 31.5. The van der Waals surface area contributed by atoms with Gasteiger partial charge < -0.3 is 21.1 Å². The normalized spacial score (nSPS) is 20.4. The average molecular weight is 581 g/mol. The van der Waals surface area contributed by atoms with E-state index in [0.717, 1.165) is 36.9 Å². The molecule has 0 unspecified atom stereocenters. The third kappa shape index (κ3) is 8.49. The first-order valence-electron chi connectivity index (χ1n) is 13.9. The van der Waals surface area contributed by atoms with Gasteiger partial charge in [0.2, 0.25) is 0 Å². The standard InChI is InChI=1S/C29H44N4O4S.ClH/c1-3-30-24-18-23(19-25(20-24)33-15-9-10-16-38(33,36)37)28(35)32-26(17-22-11-5-4-6-12-22)27(34)21-31-29(2)13-7-8-14-29;/h4-6,11-12,18-20,26-27,30-31,34,36-37H,3,7-10,13-17,21H2,1-2H3,(H,32,35);1H/t26-,27+;/m0./s1. The van der Waals surface area contributed by atoms with Gasteiger partial charge in [-0.25, -0.2) is 0 Å². The number of halogens is 1. The van der Waals surface area contributed by atoms with Gasteiger partial charge in [0.05, 0.1) is 23.6 Å². The van der Waals surface area contributed by atoms with Crippen LogP contribution < -0.4 is 20.3 Å². The first-order chi connectivity index (χ1) is 18.2. The van der Waals surface area contributed by atoms with Crippen LogP contribution in [0.15, 0.2) is 48.5 Å². The summed E-state index contributed by atoms with van der Waals surface area (Å²) in [4.78, 5) is 13.6. The summed E-state index contributed by atoms with van der Waals surface area (Å²) in [7, 11) is -2.92. The molecule has 1 aliphatic carbocycles. The predicted molar refractivity (Wildman–Crippen MR) is 164 cm³/mol. The molecule has 1 saturated heterocycles. The molecular formula is C29H45ClN4O4S. The molecule has 1 amide bonds. The van der Waals surface area contributed by atoms with E-state index in [9.17, 15) is 19.0 Å². The van der Waals surface area contributed by atoms with E-state index in [-0.39, 0.29) is 23.9 Å². The van der Waals surface area contributed by atoms with Crippen molar-refractivity contribution in [1.29, 1.82) is 0 Å². The summed E-state index contributed by atoms with van der Waals surface area (Å²) in [6, 6.07) is 14.7. The number of amides is 1. The summed E-state index contributed by atoms with van der Waals surface area (Å²) >= 11 is 0. The van der Waals surface area contributed by atoms with Crippen LogP contribution in [0.5, 0.6) is 0 Å². The summed E-state index contributed by atoms with van der Waals surface area (Å²) in [5.41, 5.74) is 2.83. The predicted octanol–water partition coefficient (Wildman–Crippen LogP) is 5.43. The molecule has 1 heterocycles. The van der Waals surface area contributed by atoms with Gasteiger partial charge in [-0.3, -0.25) is 18.2 Å². The van der Waals surface area contributed by atoms with Crippen molar-refractivity contribution in [3.8, 4) is 0 Å². The van der Waals surface area contributed by atoms with Crippen molar-refractivity contribution in [2.45, 2.75) is 76.5 Å². The zero-order valence-electron chi connectivity index (χ0n) is 23.1. The molecule has 39 heavy (non-hydrogen) atoms. The number of hydrogen-bond acceptors (Lipinski definition) is 7. The van der Waals surface area contributed by atoms with E-state index >= 15 is 0 Å². The number of aliphatic hydroxyl groups is 1. The minimum atomic E-state index is -2.92. The van der Waals surface area contributed by atoms with E-state index in [0.29, 0.717) is 43.1 Å². The maximum Gasteiger partial charge on any atom is 0.251 e. The van der Waals surface area contributed by atoms with Crippen molar-refractivity contribution in [3.05, 3.63) is 59.7 Å². The quantitative estimate of drug-likeness (QED) is 0.210. The minimum Gasteiger partial charge on any atom is -0.390 e. The van der Waals surface area contributed by atoms with E-state index in [1.165, 1.54) is 12.8 Å². The molecule has 0 radical (unpaired) electrons. The smallest absolute Gasteiger partial charge is 0.251 e. The first-order valence-corrected chi connectivity index (χ1v) is 15.6. The fourth-order valence-electron chi connectivity index (χ4n) is 5.53. The third-order valence-corrected chi connectivity index (χ3v) is 9.69. The van der Waals surface area contributed by atoms with Gasteiger partial charge in [0.1, 0.15) is 0 Å². The van der Waals surface area contributed by atoms with Crippen molar-refractivity contribution in [1.82, 2.24) is 10.6 Å². The zero-order chi connectivity index (χ0) is 27.2. The Morgan fingerprint density at radius 3 is 2.46 bits per heavy atom. The summed E-state index contributed by atoms with van der Waals surface area (Å²) in [5, 5.41) is 21.2. The van der Waals surface area contributed by atoms with Gasteiger partial charge >= 0.3 is 0 Å². The second-order valence-electron chi connectivity index (χ2n) is 10.9. The summed E-state index contributed by atoms with van der Waals surface area (Å²) < 4.78 is 23.0. The highest BCUT2D eigenvalue weighted by atomic mass is 35.5. The van der Waals surface area contributed by atoms with Crippen LogP contribution in [0, 0.1) is 0 Å². The zero-order valence-corrected chi connectivity index (χ0v) is 24.7. The largest absolute Gasteiger partial charge is 0.390 e. The van der Waals surface area contributed by atoms with Crippen LogP contribution in [0.25, 0.3) is 0 Å². The van der Waals surface area contributed by atoms with Crippen LogP contribution in [0.2, 0.25) is 0 Å². The van der Waals surface area contributed by atoms with Crippen molar-refractivity contribution in [2.24, 2.45) is 0 Å². The van der Waals surface area contributed by atoms with Gasteiger partial charge in [-0.05, 0) is 69.7 Å². The Morgan fingerprint density at radius 2 is 1.79 bits per heavy atom. The number of carbonyl (C=O) groups excluding carboxylic acids is 1. The number of hydrogen-bond donors (Lipinski definition) is 6. The number of nitrogens with zero attached hydrogens (tertiary/aromatic N) is 1. The lowest BCUT2D eigenvalue weighted by Gasteiger charge is -2.47. The van der Waals surface area contributed by atoms with E-state index in [1.54, 1.807) is 16.4 Å². The van der Waals surface area contributed by atoms with Crippen LogP contribution in [0.4, 0.5) is 11.4 Å². The molecule has 0 spiro atoms. The van der Waals surface area contributed by atoms with Crippen LogP contribution in [-0.2, 0) is 6.42 Å². The van der Waals surface area contributed by atoms with Gasteiger partial charge in [0.15, 0.2) is 0 Å². The monoisotopic (exact) mass is 580 g/mol. The molecule has 1 aliphatic heterocycles. The maximum atomic E-state index is 13.6. The van der Waals surface area contributed by atoms with Crippen LogP contribution in [0.1, 0.15) is 68.3 Å². The van der Waals surface area contributed by atoms with E-state index < -0.39 is 22.9 Å².